The van der Waals surface area contributed by atoms with Gasteiger partial charge in [0.1, 0.15) is 17.5 Å². The minimum absolute atomic E-state index is 0.0554. The fraction of sp³-hybridized carbons (Fsp3) is 0.353. The maximum absolute atomic E-state index is 12.4. The quantitative estimate of drug-likeness (QED) is 0.867. The summed E-state index contributed by atoms with van der Waals surface area (Å²) in [5, 5.41) is 0.529. The molecule has 0 aromatic carbocycles. The van der Waals surface area contributed by atoms with Crippen molar-refractivity contribution in [2.24, 2.45) is 0 Å². The molecule has 0 bridgehead atoms. The molecule has 0 unspecified atom stereocenters. The van der Waals surface area contributed by atoms with Crippen LogP contribution in [0.2, 0.25) is 5.02 Å². The summed E-state index contributed by atoms with van der Waals surface area (Å²) in [6.45, 7) is 3.31. The highest BCUT2D eigenvalue weighted by Gasteiger charge is 2.25. The van der Waals surface area contributed by atoms with Gasteiger partial charge in [-0.3, -0.25) is 9.78 Å². The van der Waals surface area contributed by atoms with E-state index >= 15 is 0 Å². The van der Waals surface area contributed by atoms with Gasteiger partial charge in [0.25, 0.3) is 5.91 Å². The summed E-state index contributed by atoms with van der Waals surface area (Å²) < 4.78 is 6.02. The number of likely N-dealkylation sites (tertiary alicyclic amines) is 1. The van der Waals surface area contributed by atoms with E-state index in [1.165, 1.54) is 6.20 Å². The van der Waals surface area contributed by atoms with E-state index in [0.717, 1.165) is 24.2 Å². The number of hydrogen-bond donors (Lipinski definition) is 0. The molecular formula is C17H18ClN3O2. The number of amides is 1. The van der Waals surface area contributed by atoms with Crippen molar-refractivity contribution in [1.29, 1.82) is 0 Å². The number of piperidine rings is 1. The highest BCUT2D eigenvalue weighted by molar-refractivity contribution is 6.30. The van der Waals surface area contributed by atoms with Crippen LogP contribution in [0.5, 0.6) is 5.75 Å². The minimum Gasteiger partial charge on any atom is -0.490 e. The van der Waals surface area contributed by atoms with E-state index in [2.05, 4.69) is 9.97 Å². The first-order valence-electron chi connectivity index (χ1n) is 7.61. The van der Waals surface area contributed by atoms with Crippen molar-refractivity contribution in [2.45, 2.75) is 25.9 Å². The Morgan fingerprint density at radius 1 is 1.26 bits per heavy atom. The molecule has 23 heavy (non-hydrogen) atoms. The lowest BCUT2D eigenvalue weighted by atomic mass is 10.1. The maximum Gasteiger partial charge on any atom is 0.272 e. The molecule has 0 atom stereocenters. The lowest BCUT2D eigenvalue weighted by Crippen LogP contribution is -2.42. The Hall–Kier alpha value is -2.14. The number of nitrogens with zero attached hydrogens (tertiary/aromatic N) is 3. The third-order valence-corrected chi connectivity index (χ3v) is 4.16. The Morgan fingerprint density at radius 2 is 2.04 bits per heavy atom. The van der Waals surface area contributed by atoms with Crippen LogP contribution in [0.15, 0.2) is 36.8 Å². The zero-order valence-electron chi connectivity index (χ0n) is 12.9. The lowest BCUT2D eigenvalue weighted by molar-refractivity contribution is 0.0589. The molecule has 0 saturated carbocycles. The van der Waals surface area contributed by atoms with Gasteiger partial charge in [-0.1, -0.05) is 11.6 Å². The van der Waals surface area contributed by atoms with Gasteiger partial charge in [-0.15, -0.1) is 0 Å². The first-order valence-corrected chi connectivity index (χ1v) is 7.99. The van der Waals surface area contributed by atoms with Crippen LogP contribution in [0, 0.1) is 6.92 Å². The molecule has 3 rings (SSSR count). The van der Waals surface area contributed by atoms with Gasteiger partial charge in [-0.25, -0.2) is 4.98 Å². The van der Waals surface area contributed by atoms with E-state index in [4.69, 9.17) is 16.3 Å². The van der Waals surface area contributed by atoms with Crippen LogP contribution in [-0.4, -0.2) is 40.0 Å². The molecule has 0 aliphatic carbocycles. The number of ether oxygens (including phenoxy) is 1. The molecule has 1 fully saturated rings. The first kappa shape index (κ1) is 15.7. The summed E-state index contributed by atoms with van der Waals surface area (Å²) in [5.41, 5.74) is 1.45. The standard InChI is InChI=1S/C17H18ClN3O2/c1-12-10-19-7-4-16(12)23-14-5-8-21(9-6-14)17(22)15-3-2-13(18)11-20-15/h2-4,7,10-11,14H,5-6,8-9H2,1H3. The third kappa shape index (κ3) is 3.79. The Balaban J connectivity index is 1.57. The molecule has 6 heteroatoms. The molecule has 3 heterocycles. The van der Waals surface area contributed by atoms with Crippen LogP contribution in [0.25, 0.3) is 0 Å². The number of halogens is 1. The summed E-state index contributed by atoms with van der Waals surface area (Å²) in [4.78, 5) is 22.4. The molecule has 1 aliphatic heterocycles. The maximum atomic E-state index is 12.4. The SMILES string of the molecule is Cc1cnccc1OC1CCN(C(=O)c2ccc(Cl)cn2)CC1. The predicted molar refractivity (Wildman–Crippen MR) is 87.8 cm³/mol. The minimum atomic E-state index is -0.0554. The van der Waals surface area contributed by atoms with E-state index in [1.54, 1.807) is 24.5 Å². The zero-order chi connectivity index (χ0) is 16.2. The molecule has 2 aromatic rings. The van der Waals surface area contributed by atoms with Crippen LogP contribution in [-0.2, 0) is 0 Å². The molecule has 5 nitrogen and oxygen atoms in total. The number of aryl methyl sites for hydroxylation is 1. The van der Waals surface area contributed by atoms with Gasteiger partial charge >= 0.3 is 0 Å². The van der Waals surface area contributed by atoms with Crippen molar-refractivity contribution in [2.75, 3.05) is 13.1 Å². The predicted octanol–water partition coefficient (Wildman–Crippen LogP) is 3.12. The summed E-state index contributed by atoms with van der Waals surface area (Å²) in [7, 11) is 0. The largest absolute Gasteiger partial charge is 0.490 e. The van der Waals surface area contributed by atoms with Crippen molar-refractivity contribution in [1.82, 2.24) is 14.9 Å². The number of carbonyl (C=O) groups is 1. The van der Waals surface area contributed by atoms with Crippen LogP contribution >= 0.6 is 11.6 Å². The lowest BCUT2D eigenvalue weighted by Gasteiger charge is -2.32. The van der Waals surface area contributed by atoms with Crippen molar-refractivity contribution < 1.29 is 9.53 Å². The summed E-state index contributed by atoms with van der Waals surface area (Å²) in [5.74, 6) is 0.810. The number of aromatic nitrogens is 2. The molecule has 0 spiro atoms. The zero-order valence-corrected chi connectivity index (χ0v) is 13.7. The third-order valence-electron chi connectivity index (χ3n) is 3.94. The molecule has 1 aliphatic rings. The van der Waals surface area contributed by atoms with Gasteiger partial charge in [0.05, 0.1) is 5.02 Å². The number of pyridine rings is 2. The van der Waals surface area contributed by atoms with E-state index in [9.17, 15) is 4.79 Å². The normalized spacial score (nSPS) is 15.5. The van der Waals surface area contributed by atoms with Crippen LogP contribution in [0.3, 0.4) is 0 Å². The average molecular weight is 332 g/mol. The summed E-state index contributed by atoms with van der Waals surface area (Å²) in [6.07, 6.45) is 6.75. The number of hydrogen-bond acceptors (Lipinski definition) is 4. The molecular weight excluding hydrogens is 314 g/mol. The second kappa shape index (κ2) is 6.96. The Bertz CT molecular complexity index is 682. The molecule has 0 radical (unpaired) electrons. The molecule has 120 valence electrons. The first-order chi connectivity index (χ1) is 11.1. The van der Waals surface area contributed by atoms with Crippen molar-refractivity contribution in [3.8, 4) is 5.75 Å². The number of carbonyl (C=O) groups excluding carboxylic acids is 1. The average Bonchev–Trinajstić information content (AvgIpc) is 2.58. The topological polar surface area (TPSA) is 55.3 Å². The van der Waals surface area contributed by atoms with Crippen molar-refractivity contribution in [3.05, 3.63) is 53.1 Å². The second-order valence-corrected chi connectivity index (χ2v) is 6.05. The smallest absolute Gasteiger partial charge is 0.272 e. The Morgan fingerprint density at radius 3 is 2.70 bits per heavy atom. The van der Waals surface area contributed by atoms with Gasteiger partial charge in [-0.2, -0.15) is 0 Å². The van der Waals surface area contributed by atoms with Crippen LogP contribution in [0.4, 0.5) is 0 Å². The second-order valence-electron chi connectivity index (χ2n) is 5.61. The Kier molecular flexibility index (Phi) is 4.76. The van der Waals surface area contributed by atoms with Gasteiger partial charge in [0.2, 0.25) is 0 Å². The highest BCUT2D eigenvalue weighted by atomic mass is 35.5. The molecule has 1 saturated heterocycles. The Labute approximate surface area is 140 Å². The fourth-order valence-corrected chi connectivity index (χ4v) is 2.73. The van der Waals surface area contributed by atoms with E-state index in [1.807, 2.05) is 17.9 Å². The monoisotopic (exact) mass is 331 g/mol. The van der Waals surface area contributed by atoms with Gasteiger partial charge in [-0.05, 0) is 25.1 Å². The van der Waals surface area contributed by atoms with Gasteiger partial charge < -0.3 is 9.64 Å². The highest BCUT2D eigenvalue weighted by Crippen LogP contribution is 2.22. The van der Waals surface area contributed by atoms with Crippen molar-refractivity contribution in [3.63, 3.8) is 0 Å². The fourth-order valence-electron chi connectivity index (χ4n) is 2.61. The number of rotatable bonds is 3. The van der Waals surface area contributed by atoms with E-state index < -0.39 is 0 Å². The van der Waals surface area contributed by atoms with Crippen molar-refractivity contribution >= 4 is 17.5 Å². The molecule has 1 amide bonds. The van der Waals surface area contributed by atoms with Gasteiger partial charge in [0, 0.05) is 50.1 Å². The summed E-state index contributed by atoms with van der Waals surface area (Å²) in [6, 6.07) is 5.22. The summed E-state index contributed by atoms with van der Waals surface area (Å²) >= 11 is 5.80. The van der Waals surface area contributed by atoms with E-state index in [-0.39, 0.29) is 12.0 Å². The molecule has 0 N–H and O–H groups in total. The molecule has 2 aromatic heterocycles. The van der Waals surface area contributed by atoms with E-state index in [0.29, 0.717) is 23.8 Å². The van der Waals surface area contributed by atoms with Gasteiger partial charge in [0.15, 0.2) is 0 Å². The van der Waals surface area contributed by atoms with Crippen LogP contribution < -0.4 is 4.74 Å². The van der Waals surface area contributed by atoms with Crippen LogP contribution in [0.1, 0.15) is 28.9 Å².